The Labute approximate surface area is 166 Å². The second kappa shape index (κ2) is 7.15. The molecule has 5 heteroatoms. The molecular weight excluding hydrogens is 348 g/mol. The standard InChI is InChI=1S/C23H26N4O/c1-5-15(2)26-22(24-20-14-10-9-13-19(20)23(26)28)21-16(3)25-27(17(21)4)18-11-7-6-8-12-18/h6-15,22,24H,5H2,1-4H3/t15-,22+/m1/s1. The van der Waals surface area contributed by atoms with Gasteiger partial charge < -0.3 is 10.2 Å². The van der Waals surface area contributed by atoms with Gasteiger partial charge >= 0.3 is 0 Å². The maximum absolute atomic E-state index is 13.4. The molecule has 0 saturated carbocycles. The molecule has 1 amide bonds. The smallest absolute Gasteiger partial charge is 0.258 e. The van der Waals surface area contributed by atoms with Crippen molar-refractivity contribution in [1.29, 1.82) is 0 Å². The largest absolute Gasteiger partial charge is 0.361 e. The molecule has 0 bridgehead atoms. The van der Waals surface area contributed by atoms with Crippen molar-refractivity contribution >= 4 is 11.6 Å². The number of amides is 1. The van der Waals surface area contributed by atoms with Gasteiger partial charge in [0.1, 0.15) is 6.17 Å². The Morgan fingerprint density at radius 2 is 1.75 bits per heavy atom. The van der Waals surface area contributed by atoms with Crippen LogP contribution in [0.15, 0.2) is 54.6 Å². The lowest BCUT2D eigenvalue weighted by atomic mass is 9.99. The number of aryl methyl sites for hydroxylation is 1. The first-order valence-corrected chi connectivity index (χ1v) is 9.82. The number of hydrogen-bond donors (Lipinski definition) is 1. The minimum atomic E-state index is -0.241. The summed E-state index contributed by atoms with van der Waals surface area (Å²) in [4.78, 5) is 15.3. The quantitative estimate of drug-likeness (QED) is 0.710. The fourth-order valence-corrected chi connectivity index (χ4v) is 4.00. The van der Waals surface area contributed by atoms with Crippen molar-refractivity contribution in [3.63, 3.8) is 0 Å². The predicted molar refractivity (Wildman–Crippen MR) is 112 cm³/mol. The van der Waals surface area contributed by atoms with Crippen molar-refractivity contribution in [3.8, 4) is 5.69 Å². The van der Waals surface area contributed by atoms with Crippen molar-refractivity contribution in [1.82, 2.24) is 14.7 Å². The molecule has 5 nitrogen and oxygen atoms in total. The van der Waals surface area contributed by atoms with Crippen LogP contribution in [0.3, 0.4) is 0 Å². The van der Waals surface area contributed by atoms with Crippen LogP contribution in [0.4, 0.5) is 5.69 Å². The number of para-hydroxylation sites is 2. The van der Waals surface area contributed by atoms with E-state index in [1.165, 1.54) is 0 Å². The fraction of sp³-hybridized carbons (Fsp3) is 0.304. The number of rotatable bonds is 4. The van der Waals surface area contributed by atoms with Gasteiger partial charge in [-0.2, -0.15) is 5.10 Å². The highest BCUT2D eigenvalue weighted by Crippen LogP contribution is 2.37. The number of nitrogens with one attached hydrogen (secondary N) is 1. The molecule has 0 fully saturated rings. The van der Waals surface area contributed by atoms with Gasteiger partial charge in [0.15, 0.2) is 0 Å². The van der Waals surface area contributed by atoms with E-state index in [9.17, 15) is 4.79 Å². The third-order valence-corrected chi connectivity index (χ3v) is 5.65. The normalized spacial score (nSPS) is 17.2. The van der Waals surface area contributed by atoms with Crippen LogP contribution in [0.25, 0.3) is 5.69 Å². The van der Waals surface area contributed by atoms with E-state index in [1.807, 2.05) is 71.1 Å². The predicted octanol–water partition coefficient (Wildman–Crippen LogP) is 4.85. The Balaban J connectivity index is 1.85. The van der Waals surface area contributed by atoms with Crippen LogP contribution < -0.4 is 5.32 Å². The van der Waals surface area contributed by atoms with E-state index >= 15 is 0 Å². The summed E-state index contributed by atoms with van der Waals surface area (Å²) in [5.74, 6) is 0.0694. The monoisotopic (exact) mass is 374 g/mol. The van der Waals surface area contributed by atoms with Gasteiger partial charge in [0, 0.05) is 23.0 Å². The van der Waals surface area contributed by atoms with Gasteiger partial charge in [-0.25, -0.2) is 4.68 Å². The second-order valence-corrected chi connectivity index (χ2v) is 7.39. The Bertz CT molecular complexity index is 1010. The highest BCUT2D eigenvalue weighted by atomic mass is 16.2. The van der Waals surface area contributed by atoms with Gasteiger partial charge in [0.25, 0.3) is 5.91 Å². The summed E-state index contributed by atoms with van der Waals surface area (Å²) in [5.41, 5.74) is 5.66. The summed E-state index contributed by atoms with van der Waals surface area (Å²) < 4.78 is 1.96. The molecule has 1 N–H and O–H groups in total. The lowest BCUT2D eigenvalue weighted by molar-refractivity contribution is 0.0592. The van der Waals surface area contributed by atoms with Crippen LogP contribution in [0.2, 0.25) is 0 Å². The molecule has 2 aromatic carbocycles. The van der Waals surface area contributed by atoms with Crippen molar-refractivity contribution in [3.05, 3.63) is 77.1 Å². The zero-order valence-corrected chi connectivity index (χ0v) is 16.8. The molecule has 28 heavy (non-hydrogen) atoms. The molecule has 0 aliphatic carbocycles. The lowest BCUT2D eigenvalue weighted by Crippen LogP contribution is -2.47. The summed E-state index contributed by atoms with van der Waals surface area (Å²) in [6.45, 7) is 8.31. The summed E-state index contributed by atoms with van der Waals surface area (Å²) in [6, 6.07) is 18.0. The number of hydrogen-bond acceptors (Lipinski definition) is 3. The maximum atomic E-state index is 13.4. The van der Waals surface area contributed by atoms with Crippen LogP contribution in [-0.4, -0.2) is 26.6 Å². The maximum Gasteiger partial charge on any atom is 0.258 e. The topological polar surface area (TPSA) is 50.2 Å². The number of aromatic nitrogens is 2. The van der Waals surface area contributed by atoms with E-state index in [-0.39, 0.29) is 18.1 Å². The molecular formula is C23H26N4O. The highest BCUT2D eigenvalue weighted by molar-refractivity contribution is 6.02. The third kappa shape index (κ3) is 2.87. The number of benzene rings is 2. The fourth-order valence-electron chi connectivity index (χ4n) is 4.00. The SMILES string of the molecule is CC[C@@H](C)N1C(=O)c2ccccc2N[C@@H]1c1c(C)nn(-c2ccccc2)c1C. The minimum Gasteiger partial charge on any atom is -0.361 e. The Morgan fingerprint density at radius 1 is 1.07 bits per heavy atom. The Morgan fingerprint density at radius 3 is 2.46 bits per heavy atom. The van der Waals surface area contributed by atoms with Crippen LogP contribution in [0, 0.1) is 13.8 Å². The van der Waals surface area contributed by atoms with E-state index in [4.69, 9.17) is 5.10 Å². The molecule has 144 valence electrons. The number of fused-ring (bicyclic) bond motifs is 1. The van der Waals surface area contributed by atoms with Crippen molar-refractivity contribution < 1.29 is 4.79 Å². The molecule has 0 radical (unpaired) electrons. The number of nitrogens with zero attached hydrogens (tertiary/aromatic N) is 3. The van der Waals surface area contributed by atoms with Gasteiger partial charge in [-0.05, 0) is 51.5 Å². The molecule has 1 aromatic heterocycles. The van der Waals surface area contributed by atoms with E-state index < -0.39 is 0 Å². The highest BCUT2D eigenvalue weighted by Gasteiger charge is 2.38. The van der Waals surface area contributed by atoms with Crippen molar-refractivity contribution in [2.75, 3.05) is 5.32 Å². The van der Waals surface area contributed by atoms with Crippen molar-refractivity contribution in [2.45, 2.75) is 46.3 Å². The summed E-state index contributed by atoms with van der Waals surface area (Å²) >= 11 is 0. The van der Waals surface area contributed by atoms with E-state index in [2.05, 4.69) is 26.1 Å². The molecule has 0 spiro atoms. The van der Waals surface area contributed by atoms with E-state index in [0.29, 0.717) is 0 Å². The van der Waals surface area contributed by atoms with Gasteiger partial charge in [-0.1, -0.05) is 37.3 Å². The zero-order valence-electron chi connectivity index (χ0n) is 16.8. The first-order valence-electron chi connectivity index (χ1n) is 9.82. The Hall–Kier alpha value is -3.08. The number of anilines is 1. The summed E-state index contributed by atoms with van der Waals surface area (Å²) in [7, 11) is 0. The molecule has 0 saturated heterocycles. The average Bonchev–Trinajstić information content (AvgIpc) is 3.02. The number of carbonyl (C=O) groups is 1. The minimum absolute atomic E-state index is 0.0694. The molecule has 2 atom stereocenters. The first kappa shape index (κ1) is 18.3. The van der Waals surface area contributed by atoms with Crippen LogP contribution in [-0.2, 0) is 0 Å². The summed E-state index contributed by atoms with van der Waals surface area (Å²) in [5, 5.41) is 8.40. The van der Waals surface area contributed by atoms with E-state index in [1.54, 1.807) is 0 Å². The zero-order chi connectivity index (χ0) is 19.8. The van der Waals surface area contributed by atoms with Crippen molar-refractivity contribution in [2.24, 2.45) is 0 Å². The molecule has 3 aromatic rings. The third-order valence-electron chi connectivity index (χ3n) is 5.65. The van der Waals surface area contributed by atoms with Crippen LogP contribution in [0.1, 0.15) is 53.7 Å². The van der Waals surface area contributed by atoms with Gasteiger partial charge in [0.05, 0.1) is 16.9 Å². The second-order valence-electron chi connectivity index (χ2n) is 7.39. The summed E-state index contributed by atoms with van der Waals surface area (Å²) in [6.07, 6.45) is 0.645. The van der Waals surface area contributed by atoms with Crippen LogP contribution in [0.5, 0.6) is 0 Å². The molecule has 4 rings (SSSR count). The van der Waals surface area contributed by atoms with Gasteiger partial charge in [0.2, 0.25) is 0 Å². The van der Waals surface area contributed by atoms with Gasteiger partial charge in [-0.15, -0.1) is 0 Å². The number of carbonyl (C=O) groups excluding carboxylic acids is 1. The van der Waals surface area contributed by atoms with Crippen LogP contribution >= 0.6 is 0 Å². The lowest BCUT2D eigenvalue weighted by Gasteiger charge is -2.41. The molecule has 2 heterocycles. The Kier molecular flexibility index (Phi) is 4.67. The molecule has 1 aliphatic heterocycles. The van der Waals surface area contributed by atoms with E-state index in [0.717, 1.165) is 40.3 Å². The first-order chi connectivity index (χ1) is 13.5. The van der Waals surface area contributed by atoms with Gasteiger partial charge in [-0.3, -0.25) is 4.79 Å². The molecule has 0 unspecified atom stereocenters. The average molecular weight is 374 g/mol. The molecule has 1 aliphatic rings.